The van der Waals surface area contributed by atoms with E-state index < -0.39 is 0 Å². The Hall–Kier alpha value is -0.770. The number of nitrogens with one attached hydrogen (secondary N) is 2. The lowest BCUT2D eigenvalue weighted by molar-refractivity contribution is 0.220. The zero-order chi connectivity index (χ0) is 12.0. The molecule has 4 nitrogen and oxygen atoms in total. The van der Waals surface area contributed by atoms with E-state index in [2.05, 4.69) is 41.4 Å². The molecule has 4 heteroatoms. The van der Waals surface area contributed by atoms with Gasteiger partial charge in [0.1, 0.15) is 0 Å². The summed E-state index contributed by atoms with van der Waals surface area (Å²) < 4.78 is 0. The molecule has 1 fully saturated rings. The van der Waals surface area contributed by atoms with E-state index in [1.807, 2.05) is 7.05 Å². The molecule has 1 saturated heterocycles. The van der Waals surface area contributed by atoms with Crippen LogP contribution in [0.5, 0.6) is 0 Å². The average molecular weight is 226 g/mol. The molecule has 0 aromatic rings. The zero-order valence-corrected chi connectivity index (χ0v) is 11.1. The van der Waals surface area contributed by atoms with Crippen LogP contribution in [0, 0.1) is 5.92 Å². The Morgan fingerprint density at radius 2 is 2.00 bits per heavy atom. The van der Waals surface area contributed by atoms with E-state index in [0.717, 1.165) is 18.4 Å². The van der Waals surface area contributed by atoms with Crippen LogP contribution in [0.4, 0.5) is 0 Å². The number of hydrogen-bond acceptors (Lipinski definition) is 2. The fourth-order valence-corrected chi connectivity index (χ4v) is 1.98. The molecule has 0 bridgehead atoms. The topological polar surface area (TPSA) is 39.7 Å². The Balaban J connectivity index is 2.22. The Morgan fingerprint density at radius 1 is 1.38 bits per heavy atom. The first-order valence-corrected chi connectivity index (χ1v) is 6.27. The monoisotopic (exact) mass is 226 g/mol. The van der Waals surface area contributed by atoms with Crippen LogP contribution in [-0.4, -0.2) is 50.6 Å². The molecule has 16 heavy (non-hydrogen) atoms. The van der Waals surface area contributed by atoms with Gasteiger partial charge in [-0.1, -0.05) is 0 Å². The molecule has 0 saturated carbocycles. The molecule has 0 radical (unpaired) electrons. The Morgan fingerprint density at radius 3 is 2.50 bits per heavy atom. The van der Waals surface area contributed by atoms with Gasteiger partial charge in [-0.25, -0.2) is 0 Å². The molecule has 1 heterocycles. The fourth-order valence-electron chi connectivity index (χ4n) is 1.98. The van der Waals surface area contributed by atoms with Crippen molar-refractivity contribution in [2.75, 3.05) is 33.7 Å². The number of hydrogen-bond donors (Lipinski definition) is 2. The van der Waals surface area contributed by atoms with Crippen molar-refractivity contribution in [2.24, 2.45) is 10.9 Å². The second-order valence-corrected chi connectivity index (χ2v) is 5.00. The van der Waals surface area contributed by atoms with Crippen molar-refractivity contribution in [1.82, 2.24) is 15.5 Å². The van der Waals surface area contributed by atoms with E-state index in [1.54, 1.807) is 0 Å². The maximum atomic E-state index is 4.21. The SMILES string of the molecule is CN=C(NCC1CCN(C)CC1)NC(C)C. The molecule has 0 aromatic carbocycles. The van der Waals surface area contributed by atoms with Gasteiger partial charge in [0.25, 0.3) is 0 Å². The van der Waals surface area contributed by atoms with E-state index in [9.17, 15) is 0 Å². The molecule has 1 rings (SSSR count). The molecule has 0 unspecified atom stereocenters. The van der Waals surface area contributed by atoms with Gasteiger partial charge in [-0.2, -0.15) is 0 Å². The predicted molar refractivity (Wildman–Crippen MR) is 69.9 cm³/mol. The summed E-state index contributed by atoms with van der Waals surface area (Å²) in [5.74, 6) is 1.72. The number of aliphatic imine (C=N–C) groups is 1. The van der Waals surface area contributed by atoms with Crippen LogP contribution >= 0.6 is 0 Å². The van der Waals surface area contributed by atoms with Gasteiger partial charge in [-0.15, -0.1) is 0 Å². The van der Waals surface area contributed by atoms with E-state index in [-0.39, 0.29) is 0 Å². The van der Waals surface area contributed by atoms with Crippen molar-refractivity contribution in [3.63, 3.8) is 0 Å². The van der Waals surface area contributed by atoms with Crippen molar-refractivity contribution in [3.8, 4) is 0 Å². The first-order valence-electron chi connectivity index (χ1n) is 6.27. The Bertz CT molecular complexity index is 217. The summed E-state index contributed by atoms with van der Waals surface area (Å²) in [5, 5.41) is 6.71. The molecule has 0 amide bonds. The lowest BCUT2D eigenvalue weighted by Crippen LogP contribution is -2.44. The van der Waals surface area contributed by atoms with Crippen LogP contribution in [0.15, 0.2) is 4.99 Å². The Kier molecular flexibility index (Phi) is 5.60. The number of nitrogens with zero attached hydrogens (tertiary/aromatic N) is 2. The van der Waals surface area contributed by atoms with Gasteiger partial charge in [-0.05, 0) is 52.7 Å². The highest BCUT2D eigenvalue weighted by Gasteiger charge is 2.16. The highest BCUT2D eigenvalue weighted by Crippen LogP contribution is 2.14. The molecule has 0 spiro atoms. The average Bonchev–Trinajstić information content (AvgIpc) is 2.26. The third kappa shape index (κ3) is 4.84. The van der Waals surface area contributed by atoms with Crippen LogP contribution in [0.25, 0.3) is 0 Å². The summed E-state index contributed by atoms with van der Waals surface area (Å²) in [6.45, 7) is 7.75. The minimum atomic E-state index is 0.434. The molecule has 2 N–H and O–H groups in total. The quantitative estimate of drug-likeness (QED) is 0.555. The summed E-state index contributed by atoms with van der Waals surface area (Å²) in [4.78, 5) is 6.61. The van der Waals surface area contributed by atoms with E-state index in [0.29, 0.717) is 6.04 Å². The van der Waals surface area contributed by atoms with E-state index >= 15 is 0 Å². The second-order valence-electron chi connectivity index (χ2n) is 5.00. The van der Waals surface area contributed by atoms with Gasteiger partial charge in [0, 0.05) is 19.6 Å². The molecular formula is C12H26N4. The molecule has 0 atom stereocenters. The van der Waals surface area contributed by atoms with Gasteiger partial charge in [0.05, 0.1) is 0 Å². The molecule has 94 valence electrons. The summed E-state index contributed by atoms with van der Waals surface area (Å²) in [6.07, 6.45) is 2.59. The summed E-state index contributed by atoms with van der Waals surface area (Å²) in [6, 6.07) is 0.434. The normalized spacial score (nSPS) is 20.2. The fraction of sp³-hybridized carbons (Fsp3) is 0.917. The molecule has 0 aliphatic carbocycles. The van der Waals surface area contributed by atoms with Crippen molar-refractivity contribution in [2.45, 2.75) is 32.7 Å². The maximum absolute atomic E-state index is 4.21. The molecule has 1 aliphatic rings. The van der Waals surface area contributed by atoms with Crippen LogP contribution < -0.4 is 10.6 Å². The summed E-state index contributed by atoms with van der Waals surface area (Å²) >= 11 is 0. The number of piperidine rings is 1. The van der Waals surface area contributed by atoms with Crippen molar-refractivity contribution < 1.29 is 0 Å². The van der Waals surface area contributed by atoms with Crippen molar-refractivity contribution in [3.05, 3.63) is 0 Å². The molecular weight excluding hydrogens is 200 g/mol. The standard InChI is InChI=1S/C12H26N4/c1-10(2)15-12(13-3)14-9-11-5-7-16(4)8-6-11/h10-11H,5-9H2,1-4H3,(H2,13,14,15). The largest absolute Gasteiger partial charge is 0.356 e. The number of guanidine groups is 1. The summed E-state index contributed by atoms with van der Waals surface area (Å²) in [5.41, 5.74) is 0. The third-order valence-corrected chi connectivity index (χ3v) is 3.05. The Labute approximate surface area is 99.5 Å². The van der Waals surface area contributed by atoms with Gasteiger partial charge < -0.3 is 15.5 Å². The first-order chi connectivity index (χ1) is 7.61. The van der Waals surface area contributed by atoms with Crippen LogP contribution in [0.1, 0.15) is 26.7 Å². The van der Waals surface area contributed by atoms with Crippen LogP contribution in [-0.2, 0) is 0 Å². The highest BCUT2D eigenvalue weighted by molar-refractivity contribution is 5.79. The molecule has 1 aliphatic heterocycles. The summed E-state index contributed by atoms with van der Waals surface area (Å²) in [7, 11) is 4.02. The van der Waals surface area contributed by atoms with Crippen molar-refractivity contribution >= 4 is 5.96 Å². The van der Waals surface area contributed by atoms with Gasteiger partial charge in [0.15, 0.2) is 5.96 Å². The highest BCUT2D eigenvalue weighted by atomic mass is 15.2. The zero-order valence-electron chi connectivity index (χ0n) is 11.1. The predicted octanol–water partition coefficient (Wildman–Crippen LogP) is 0.902. The van der Waals surface area contributed by atoms with Gasteiger partial charge in [0.2, 0.25) is 0 Å². The van der Waals surface area contributed by atoms with Gasteiger partial charge in [-0.3, -0.25) is 4.99 Å². The number of rotatable bonds is 3. The molecule has 0 aromatic heterocycles. The number of likely N-dealkylation sites (tertiary alicyclic amines) is 1. The minimum absolute atomic E-state index is 0.434. The third-order valence-electron chi connectivity index (χ3n) is 3.05. The van der Waals surface area contributed by atoms with Gasteiger partial charge >= 0.3 is 0 Å². The lowest BCUT2D eigenvalue weighted by Gasteiger charge is -2.29. The lowest BCUT2D eigenvalue weighted by atomic mass is 9.97. The smallest absolute Gasteiger partial charge is 0.191 e. The van der Waals surface area contributed by atoms with Crippen LogP contribution in [0.3, 0.4) is 0 Å². The maximum Gasteiger partial charge on any atom is 0.191 e. The van der Waals surface area contributed by atoms with Crippen LogP contribution in [0.2, 0.25) is 0 Å². The van der Waals surface area contributed by atoms with Crippen molar-refractivity contribution in [1.29, 1.82) is 0 Å². The van der Waals surface area contributed by atoms with E-state index in [4.69, 9.17) is 0 Å². The van der Waals surface area contributed by atoms with E-state index in [1.165, 1.54) is 25.9 Å². The minimum Gasteiger partial charge on any atom is -0.356 e. The second kappa shape index (κ2) is 6.74. The first kappa shape index (κ1) is 13.3.